The molecule has 0 radical (unpaired) electrons. The fourth-order valence-electron chi connectivity index (χ4n) is 1.22. The van der Waals surface area contributed by atoms with Crippen LogP contribution in [0.5, 0.6) is 0 Å². The first-order valence-electron chi connectivity index (χ1n) is 4.26. The van der Waals surface area contributed by atoms with Crippen LogP contribution in [0, 0.1) is 0 Å². The Bertz CT molecular complexity index is 332. The van der Waals surface area contributed by atoms with Crippen LogP contribution in [0.2, 0.25) is 0 Å². The summed E-state index contributed by atoms with van der Waals surface area (Å²) in [5, 5.41) is 6.24. The Labute approximate surface area is 76.9 Å². The molecule has 0 spiro atoms. The topological polar surface area (TPSA) is 62.4 Å². The lowest BCUT2D eigenvalue weighted by molar-refractivity contribution is 0.959. The molecule has 4 N–H and O–H groups in total. The van der Waals surface area contributed by atoms with Crippen LogP contribution in [0.1, 0.15) is 0 Å². The van der Waals surface area contributed by atoms with E-state index in [1.54, 1.807) is 0 Å². The lowest BCUT2D eigenvalue weighted by Crippen LogP contribution is -2.26. The Kier molecular flexibility index (Phi) is 2.04. The van der Waals surface area contributed by atoms with Gasteiger partial charge >= 0.3 is 0 Å². The molecule has 4 nitrogen and oxygen atoms in total. The van der Waals surface area contributed by atoms with E-state index in [1.165, 1.54) is 0 Å². The number of benzene rings is 1. The maximum Gasteiger partial charge on any atom is 0.195 e. The van der Waals surface area contributed by atoms with Crippen molar-refractivity contribution in [3.63, 3.8) is 0 Å². The van der Waals surface area contributed by atoms with Gasteiger partial charge in [0, 0.05) is 6.54 Å². The summed E-state index contributed by atoms with van der Waals surface area (Å²) in [6.45, 7) is 1.73. The third-order valence-corrected chi connectivity index (χ3v) is 1.89. The van der Waals surface area contributed by atoms with Gasteiger partial charge in [0.05, 0.1) is 17.9 Å². The van der Waals surface area contributed by atoms with Crippen LogP contribution in [-0.4, -0.2) is 19.0 Å². The lowest BCUT2D eigenvalue weighted by atomic mass is 10.3. The van der Waals surface area contributed by atoms with Gasteiger partial charge < -0.3 is 16.4 Å². The van der Waals surface area contributed by atoms with Crippen LogP contribution in [0.4, 0.5) is 11.4 Å². The minimum atomic E-state index is 0.735. The van der Waals surface area contributed by atoms with Gasteiger partial charge in [-0.15, -0.1) is 0 Å². The van der Waals surface area contributed by atoms with Crippen molar-refractivity contribution in [3.8, 4) is 0 Å². The maximum atomic E-state index is 5.75. The first-order valence-corrected chi connectivity index (χ1v) is 4.26. The summed E-state index contributed by atoms with van der Waals surface area (Å²) >= 11 is 0. The molecule has 4 heteroatoms. The number of anilines is 2. The Morgan fingerprint density at radius 3 is 2.92 bits per heavy atom. The van der Waals surface area contributed by atoms with Gasteiger partial charge in [-0.3, -0.25) is 4.99 Å². The number of hydrogen-bond acceptors (Lipinski definition) is 4. The Hall–Kier alpha value is -1.71. The third kappa shape index (κ3) is 1.72. The quantitative estimate of drug-likeness (QED) is 0.550. The normalized spacial score (nSPS) is 14.9. The number of aliphatic imine (C=N–C) groups is 1. The number of nitrogens with one attached hydrogen (secondary N) is 2. The average molecular weight is 176 g/mol. The first-order chi connectivity index (χ1) is 6.36. The maximum absolute atomic E-state index is 5.75. The van der Waals surface area contributed by atoms with Crippen LogP contribution in [0.3, 0.4) is 0 Å². The first kappa shape index (κ1) is 7.91. The average Bonchev–Trinajstić information content (AvgIpc) is 2.61. The standard InChI is InChI=1S/C9H12N4/c10-7-3-1-2-4-8(7)13-9-11-5-6-12-9/h1-4H,5-6,10H2,(H2,11,12,13). The highest BCUT2D eigenvalue weighted by molar-refractivity contribution is 5.97. The SMILES string of the molecule is Nc1ccccc1NC1=NCCN1. The highest BCUT2D eigenvalue weighted by Crippen LogP contribution is 2.16. The molecule has 0 aromatic heterocycles. The van der Waals surface area contributed by atoms with Crippen molar-refractivity contribution in [1.29, 1.82) is 0 Å². The molecule has 1 aliphatic rings. The lowest BCUT2D eigenvalue weighted by Gasteiger charge is -2.08. The molecule has 0 aliphatic carbocycles. The molecule has 1 aliphatic heterocycles. The molecule has 1 heterocycles. The predicted octanol–water partition coefficient (Wildman–Crippen LogP) is 0.640. The fourth-order valence-corrected chi connectivity index (χ4v) is 1.22. The van der Waals surface area contributed by atoms with E-state index in [1.807, 2.05) is 24.3 Å². The van der Waals surface area contributed by atoms with Crippen molar-refractivity contribution in [2.45, 2.75) is 0 Å². The highest BCUT2D eigenvalue weighted by atomic mass is 15.2. The Balaban J connectivity index is 2.13. The molecule has 0 unspecified atom stereocenters. The number of guanidine groups is 1. The molecule has 0 atom stereocenters. The number of nitrogens with zero attached hydrogens (tertiary/aromatic N) is 1. The van der Waals surface area contributed by atoms with E-state index in [0.717, 1.165) is 30.4 Å². The molecule has 2 rings (SSSR count). The zero-order valence-electron chi connectivity index (χ0n) is 7.25. The zero-order chi connectivity index (χ0) is 9.10. The molecule has 1 aromatic carbocycles. The van der Waals surface area contributed by atoms with Crippen molar-refractivity contribution in [3.05, 3.63) is 24.3 Å². The van der Waals surface area contributed by atoms with Gasteiger partial charge in [0.25, 0.3) is 0 Å². The molecule has 0 saturated carbocycles. The Morgan fingerprint density at radius 1 is 1.38 bits per heavy atom. The second-order valence-corrected chi connectivity index (χ2v) is 2.87. The van der Waals surface area contributed by atoms with Gasteiger partial charge in [0.2, 0.25) is 0 Å². The molecule has 0 bridgehead atoms. The van der Waals surface area contributed by atoms with Gasteiger partial charge in [-0.2, -0.15) is 0 Å². The van der Waals surface area contributed by atoms with Crippen molar-refractivity contribution in [2.24, 2.45) is 4.99 Å². The highest BCUT2D eigenvalue weighted by Gasteiger charge is 2.05. The second kappa shape index (κ2) is 3.35. The van der Waals surface area contributed by atoms with Crippen LogP contribution >= 0.6 is 0 Å². The minimum absolute atomic E-state index is 0.735. The van der Waals surface area contributed by atoms with Gasteiger partial charge in [-0.1, -0.05) is 12.1 Å². The van der Waals surface area contributed by atoms with Gasteiger partial charge in [-0.05, 0) is 12.1 Å². The molecule has 1 aromatic rings. The van der Waals surface area contributed by atoms with E-state index in [-0.39, 0.29) is 0 Å². The predicted molar refractivity (Wildman–Crippen MR) is 54.8 cm³/mol. The summed E-state index contributed by atoms with van der Waals surface area (Å²) < 4.78 is 0. The van der Waals surface area contributed by atoms with E-state index >= 15 is 0 Å². The summed E-state index contributed by atoms with van der Waals surface area (Å²) in [6.07, 6.45) is 0. The monoisotopic (exact) mass is 176 g/mol. The van der Waals surface area contributed by atoms with Gasteiger partial charge in [0.1, 0.15) is 0 Å². The molecule has 68 valence electrons. The number of para-hydroxylation sites is 2. The summed E-state index contributed by atoms with van der Waals surface area (Å²) in [7, 11) is 0. The molecule has 0 saturated heterocycles. The molecule has 13 heavy (non-hydrogen) atoms. The van der Waals surface area contributed by atoms with E-state index in [0.29, 0.717) is 0 Å². The van der Waals surface area contributed by atoms with Crippen molar-refractivity contribution < 1.29 is 0 Å². The summed E-state index contributed by atoms with van der Waals surface area (Å²) in [5.74, 6) is 0.804. The van der Waals surface area contributed by atoms with Crippen LogP contribution in [-0.2, 0) is 0 Å². The Morgan fingerprint density at radius 2 is 2.23 bits per heavy atom. The van der Waals surface area contributed by atoms with Crippen molar-refractivity contribution in [1.82, 2.24) is 5.32 Å². The van der Waals surface area contributed by atoms with E-state index in [4.69, 9.17) is 5.73 Å². The zero-order valence-corrected chi connectivity index (χ0v) is 7.25. The summed E-state index contributed by atoms with van der Waals surface area (Å²) in [5.41, 5.74) is 7.39. The summed E-state index contributed by atoms with van der Waals surface area (Å²) in [4.78, 5) is 4.21. The van der Waals surface area contributed by atoms with Crippen LogP contribution < -0.4 is 16.4 Å². The number of nitrogen functional groups attached to an aromatic ring is 1. The van der Waals surface area contributed by atoms with Crippen molar-refractivity contribution in [2.75, 3.05) is 24.1 Å². The second-order valence-electron chi connectivity index (χ2n) is 2.87. The van der Waals surface area contributed by atoms with Gasteiger partial charge in [0.15, 0.2) is 5.96 Å². The molecular formula is C9H12N4. The summed E-state index contributed by atoms with van der Waals surface area (Å²) in [6, 6.07) is 7.63. The largest absolute Gasteiger partial charge is 0.397 e. The van der Waals surface area contributed by atoms with E-state index < -0.39 is 0 Å². The number of nitrogens with two attached hydrogens (primary N) is 1. The van der Waals surface area contributed by atoms with Crippen LogP contribution in [0.15, 0.2) is 29.3 Å². The fraction of sp³-hybridized carbons (Fsp3) is 0.222. The van der Waals surface area contributed by atoms with E-state index in [9.17, 15) is 0 Å². The van der Waals surface area contributed by atoms with Gasteiger partial charge in [-0.25, -0.2) is 0 Å². The number of rotatable bonds is 1. The minimum Gasteiger partial charge on any atom is -0.397 e. The number of hydrogen-bond donors (Lipinski definition) is 3. The van der Waals surface area contributed by atoms with E-state index in [2.05, 4.69) is 15.6 Å². The molecular weight excluding hydrogens is 164 g/mol. The third-order valence-electron chi connectivity index (χ3n) is 1.89. The molecule has 0 amide bonds. The van der Waals surface area contributed by atoms with Crippen molar-refractivity contribution >= 4 is 17.3 Å². The van der Waals surface area contributed by atoms with Crippen LogP contribution in [0.25, 0.3) is 0 Å². The molecule has 0 fully saturated rings. The smallest absolute Gasteiger partial charge is 0.195 e.